The molecular formula is C29H34N2O4. The quantitative estimate of drug-likeness (QED) is 0.480. The predicted octanol–water partition coefficient (Wildman–Crippen LogP) is 5.41. The number of fused-ring (bicyclic) bond motifs is 2. The number of hydrogen-bond acceptors (Lipinski definition) is 4. The van der Waals surface area contributed by atoms with E-state index in [1.165, 1.54) is 0 Å². The number of carbonyl (C=O) groups excluding carboxylic acids is 2. The average Bonchev–Trinajstić information content (AvgIpc) is 3.04. The Morgan fingerprint density at radius 3 is 1.54 bits per heavy atom. The minimum Gasteiger partial charge on any atom is -0.494 e. The van der Waals surface area contributed by atoms with Crippen molar-refractivity contribution in [3.05, 3.63) is 71.1 Å². The van der Waals surface area contributed by atoms with E-state index in [0.29, 0.717) is 13.2 Å². The Balaban J connectivity index is 1.21. The molecule has 0 saturated carbocycles. The van der Waals surface area contributed by atoms with Crippen LogP contribution in [0.5, 0.6) is 11.5 Å². The summed E-state index contributed by atoms with van der Waals surface area (Å²) >= 11 is 0. The summed E-state index contributed by atoms with van der Waals surface area (Å²) in [5, 5.41) is 0. The van der Waals surface area contributed by atoms with Crippen LogP contribution in [0, 0.1) is 0 Å². The summed E-state index contributed by atoms with van der Waals surface area (Å²) < 4.78 is 11.9. The number of unbranched alkanes of at least 4 members (excludes halogenated alkanes) is 2. The first-order valence-electron chi connectivity index (χ1n) is 12.3. The second kappa shape index (κ2) is 10.8. The number of hydrogen-bond donors (Lipinski definition) is 0. The van der Waals surface area contributed by atoms with E-state index in [0.717, 1.165) is 53.0 Å². The van der Waals surface area contributed by atoms with Crippen LogP contribution in [0.1, 0.15) is 67.2 Å². The van der Waals surface area contributed by atoms with E-state index in [4.69, 9.17) is 9.47 Å². The van der Waals surface area contributed by atoms with Crippen molar-refractivity contribution in [2.24, 2.45) is 0 Å². The van der Waals surface area contributed by atoms with Crippen molar-refractivity contribution in [1.82, 2.24) is 9.80 Å². The third kappa shape index (κ3) is 5.59. The van der Waals surface area contributed by atoms with Crippen molar-refractivity contribution in [1.29, 1.82) is 0 Å². The van der Waals surface area contributed by atoms with Gasteiger partial charge in [-0.25, -0.2) is 0 Å². The lowest BCUT2D eigenvalue weighted by Gasteiger charge is -2.17. The van der Waals surface area contributed by atoms with Crippen molar-refractivity contribution >= 4 is 24.0 Å². The van der Waals surface area contributed by atoms with Gasteiger partial charge < -0.3 is 19.3 Å². The molecule has 2 atom stereocenters. The Kier molecular flexibility index (Phi) is 7.59. The van der Waals surface area contributed by atoms with Gasteiger partial charge in [-0.15, -0.1) is 0 Å². The van der Waals surface area contributed by atoms with Gasteiger partial charge in [0.25, 0.3) is 0 Å². The Labute approximate surface area is 207 Å². The van der Waals surface area contributed by atoms with Gasteiger partial charge in [-0.2, -0.15) is 0 Å². The lowest BCUT2D eigenvalue weighted by atomic mass is 9.95. The fourth-order valence-corrected chi connectivity index (χ4v) is 4.51. The maximum Gasteiger partial charge on any atom is 0.233 e. The summed E-state index contributed by atoms with van der Waals surface area (Å²) in [6.45, 7) is 5.11. The maximum atomic E-state index is 12.4. The van der Waals surface area contributed by atoms with Gasteiger partial charge in [0.2, 0.25) is 11.8 Å². The van der Waals surface area contributed by atoms with Crippen LogP contribution in [0.4, 0.5) is 0 Å². The Bertz CT molecular complexity index is 1060. The zero-order valence-electron chi connectivity index (χ0n) is 21.0. The molecule has 184 valence electrons. The van der Waals surface area contributed by atoms with Gasteiger partial charge in [0.05, 0.1) is 25.0 Å². The van der Waals surface area contributed by atoms with Gasteiger partial charge in [0.1, 0.15) is 11.5 Å². The molecule has 6 heteroatoms. The lowest BCUT2D eigenvalue weighted by molar-refractivity contribution is -0.129. The molecule has 0 aliphatic carbocycles. The second-order valence-electron chi connectivity index (χ2n) is 9.31. The highest BCUT2D eigenvalue weighted by Gasteiger charge is 2.24. The van der Waals surface area contributed by atoms with E-state index in [9.17, 15) is 9.59 Å². The molecule has 2 aromatic rings. The summed E-state index contributed by atoms with van der Waals surface area (Å²) in [6, 6.07) is 11.9. The molecule has 2 aromatic carbocycles. The first-order valence-corrected chi connectivity index (χ1v) is 12.3. The van der Waals surface area contributed by atoms with Crippen molar-refractivity contribution in [2.75, 3.05) is 27.3 Å². The van der Waals surface area contributed by atoms with Crippen LogP contribution in [0.2, 0.25) is 0 Å². The van der Waals surface area contributed by atoms with Crippen LogP contribution in [0.15, 0.2) is 48.8 Å². The summed E-state index contributed by atoms with van der Waals surface area (Å²) in [6.07, 6.45) is 10.4. The summed E-state index contributed by atoms with van der Waals surface area (Å²) in [4.78, 5) is 28.1. The Morgan fingerprint density at radius 1 is 0.686 bits per heavy atom. The van der Waals surface area contributed by atoms with Crippen molar-refractivity contribution in [2.45, 2.75) is 44.9 Å². The minimum atomic E-state index is -0.197. The smallest absolute Gasteiger partial charge is 0.233 e. The standard InChI is InChI=1S/C29H34N2O4/c1-20-26-18-24(10-8-22(26)12-14-30(3)28(20)32)34-16-6-5-7-17-35-25-11-9-23-13-15-31(4)29(33)21(2)27(23)19-25/h8-15,18-21H,5-7,16-17H2,1-4H3. The zero-order chi connectivity index (χ0) is 24.9. The van der Waals surface area contributed by atoms with Gasteiger partial charge in [-0.05, 0) is 91.8 Å². The van der Waals surface area contributed by atoms with Crippen LogP contribution in [-0.4, -0.2) is 48.9 Å². The van der Waals surface area contributed by atoms with Crippen LogP contribution in [0.3, 0.4) is 0 Å². The fraction of sp³-hybridized carbons (Fsp3) is 0.379. The van der Waals surface area contributed by atoms with Gasteiger partial charge >= 0.3 is 0 Å². The molecule has 0 saturated heterocycles. The molecule has 2 heterocycles. The van der Waals surface area contributed by atoms with E-state index in [-0.39, 0.29) is 23.7 Å². The molecular weight excluding hydrogens is 440 g/mol. The largest absolute Gasteiger partial charge is 0.494 e. The van der Waals surface area contributed by atoms with E-state index in [1.54, 1.807) is 23.9 Å². The predicted molar refractivity (Wildman–Crippen MR) is 138 cm³/mol. The van der Waals surface area contributed by atoms with E-state index >= 15 is 0 Å². The Hall–Kier alpha value is -3.54. The summed E-state index contributed by atoms with van der Waals surface area (Å²) in [7, 11) is 3.57. The maximum absolute atomic E-state index is 12.4. The molecule has 4 rings (SSSR count). The third-order valence-electron chi connectivity index (χ3n) is 6.77. The first-order chi connectivity index (χ1) is 16.8. The fourth-order valence-electron chi connectivity index (χ4n) is 4.51. The summed E-state index contributed by atoms with van der Waals surface area (Å²) in [5.41, 5.74) is 4.11. The van der Waals surface area contributed by atoms with Gasteiger partial charge in [0, 0.05) is 26.5 Å². The number of ether oxygens (including phenoxy) is 2. The number of nitrogens with zero attached hydrogens (tertiary/aromatic N) is 2. The van der Waals surface area contributed by atoms with Gasteiger partial charge in [-0.3, -0.25) is 9.59 Å². The normalized spacial score (nSPS) is 19.2. The molecule has 35 heavy (non-hydrogen) atoms. The highest BCUT2D eigenvalue weighted by Crippen LogP contribution is 2.31. The molecule has 2 unspecified atom stereocenters. The molecule has 2 aliphatic rings. The van der Waals surface area contributed by atoms with Crippen LogP contribution < -0.4 is 9.47 Å². The molecule has 0 N–H and O–H groups in total. The average molecular weight is 475 g/mol. The lowest BCUT2D eigenvalue weighted by Crippen LogP contribution is -2.24. The number of likely N-dealkylation sites (N-methyl/N-ethyl adjacent to an activating group) is 2. The molecule has 2 amide bonds. The van der Waals surface area contributed by atoms with Crippen molar-refractivity contribution < 1.29 is 19.1 Å². The molecule has 2 aliphatic heterocycles. The van der Waals surface area contributed by atoms with Crippen LogP contribution in [-0.2, 0) is 9.59 Å². The van der Waals surface area contributed by atoms with Gasteiger partial charge in [-0.1, -0.05) is 12.1 Å². The van der Waals surface area contributed by atoms with Gasteiger partial charge in [0.15, 0.2) is 0 Å². The summed E-state index contributed by atoms with van der Waals surface area (Å²) in [5.74, 6) is 1.36. The molecule has 0 bridgehead atoms. The topological polar surface area (TPSA) is 59.1 Å². The highest BCUT2D eigenvalue weighted by atomic mass is 16.5. The molecule has 0 fully saturated rings. The van der Waals surface area contributed by atoms with Crippen LogP contribution in [0.25, 0.3) is 12.2 Å². The SMILES string of the molecule is CC1C(=O)N(C)C=Cc2ccc(OCCCCCOc3ccc4c(c3)C(C)C(=O)N(C)C=C4)cc21. The van der Waals surface area contributed by atoms with Crippen molar-refractivity contribution in [3.8, 4) is 11.5 Å². The molecule has 0 spiro atoms. The number of carbonyl (C=O) groups is 2. The van der Waals surface area contributed by atoms with E-state index in [1.807, 2.05) is 74.8 Å². The number of rotatable bonds is 8. The monoisotopic (exact) mass is 474 g/mol. The van der Waals surface area contributed by atoms with E-state index in [2.05, 4.69) is 0 Å². The molecule has 0 aromatic heterocycles. The first kappa shape index (κ1) is 24.6. The molecule has 6 nitrogen and oxygen atoms in total. The number of benzene rings is 2. The number of amides is 2. The van der Waals surface area contributed by atoms with Crippen LogP contribution >= 0.6 is 0 Å². The van der Waals surface area contributed by atoms with Crippen molar-refractivity contribution in [3.63, 3.8) is 0 Å². The third-order valence-corrected chi connectivity index (χ3v) is 6.77. The van der Waals surface area contributed by atoms with E-state index < -0.39 is 0 Å². The molecule has 0 radical (unpaired) electrons. The minimum absolute atomic E-state index is 0.0801. The Morgan fingerprint density at radius 2 is 1.11 bits per heavy atom. The second-order valence-corrected chi connectivity index (χ2v) is 9.31. The zero-order valence-corrected chi connectivity index (χ0v) is 21.0. The highest BCUT2D eigenvalue weighted by molar-refractivity contribution is 5.88.